The lowest BCUT2D eigenvalue weighted by atomic mass is 10.1. The zero-order chi connectivity index (χ0) is 12.9. The second kappa shape index (κ2) is 5.74. The molecule has 0 atom stereocenters. The molecule has 0 fully saturated rings. The Bertz CT molecular complexity index is 375. The van der Waals surface area contributed by atoms with Gasteiger partial charge in [0, 0.05) is 13.7 Å². The third-order valence-corrected chi connectivity index (χ3v) is 2.09. The third-order valence-electron chi connectivity index (χ3n) is 2.09. The first kappa shape index (κ1) is 13.6. The van der Waals surface area contributed by atoms with E-state index in [2.05, 4.69) is 15.6 Å². The molecule has 3 N–H and O–H groups in total. The molecule has 0 aliphatic heterocycles. The molecule has 1 rings (SSSR count). The van der Waals surface area contributed by atoms with E-state index in [0.29, 0.717) is 19.7 Å². The topological polar surface area (TPSA) is 95.1 Å². The second-order valence-electron chi connectivity index (χ2n) is 4.43. The summed E-state index contributed by atoms with van der Waals surface area (Å²) in [5.74, 6) is -0.268. The number of hydrogen-bond acceptors (Lipinski definition) is 5. The number of rotatable bonds is 6. The Kier molecular flexibility index (Phi) is 4.59. The summed E-state index contributed by atoms with van der Waals surface area (Å²) in [4.78, 5) is 11.8. The van der Waals surface area contributed by atoms with Crippen LogP contribution in [0.2, 0.25) is 0 Å². The molecule has 0 unspecified atom stereocenters. The summed E-state index contributed by atoms with van der Waals surface area (Å²) in [6.07, 6.45) is 1.57. The number of nitrogens with one attached hydrogen (secondary N) is 1. The van der Waals surface area contributed by atoms with Crippen LogP contribution in [0.4, 0.5) is 0 Å². The Morgan fingerprint density at radius 2 is 2.35 bits per heavy atom. The van der Waals surface area contributed by atoms with Crippen LogP contribution < -0.4 is 11.1 Å². The molecule has 96 valence electrons. The standard InChI is InChI=1S/C10H19N5O2/c1-10(2,7-17-3)12-9(16)8-6-15(5-4-11)14-13-8/h6H,4-5,7,11H2,1-3H3,(H,12,16). The molecule has 0 aromatic carbocycles. The van der Waals surface area contributed by atoms with Crippen molar-refractivity contribution in [2.75, 3.05) is 20.3 Å². The molecule has 0 spiro atoms. The summed E-state index contributed by atoms with van der Waals surface area (Å²) in [7, 11) is 1.59. The average molecular weight is 241 g/mol. The highest BCUT2D eigenvalue weighted by molar-refractivity contribution is 5.92. The van der Waals surface area contributed by atoms with Gasteiger partial charge in [0.2, 0.25) is 0 Å². The van der Waals surface area contributed by atoms with E-state index in [1.54, 1.807) is 13.3 Å². The van der Waals surface area contributed by atoms with Gasteiger partial charge in [-0.15, -0.1) is 5.10 Å². The van der Waals surface area contributed by atoms with Gasteiger partial charge < -0.3 is 15.8 Å². The Hall–Kier alpha value is -1.47. The Labute approximate surface area is 100 Å². The first-order valence-corrected chi connectivity index (χ1v) is 5.40. The number of amides is 1. The lowest BCUT2D eigenvalue weighted by Gasteiger charge is -2.24. The predicted molar refractivity (Wildman–Crippen MR) is 62.5 cm³/mol. The van der Waals surface area contributed by atoms with E-state index >= 15 is 0 Å². The van der Waals surface area contributed by atoms with Crippen LogP contribution >= 0.6 is 0 Å². The van der Waals surface area contributed by atoms with Crippen LogP contribution in [0.15, 0.2) is 6.20 Å². The van der Waals surface area contributed by atoms with Crippen molar-refractivity contribution in [3.63, 3.8) is 0 Å². The Balaban J connectivity index is 2.63. The van der Waals surface area contributed by atoms with E-state index < -0.39 is 5.54 Å². The highest BCUT2D eigenvalue weighted by atomic mass is 16.5. The van der Waals surface area contributed by atoms with Crippen molar-refractivity contribution in [3.05, 3.63) is 11.9 Å². The summed E-state index contributed by atoms with van der Waals surface area (Å²) in [5.41, 5.74) is 5.22. The minimum Gasteiger partial charge on any atom is -0.382 e. The monoisotopic (exact) mass is 241 g/mol. The first-order valence-electron chi connectivity index (χ1n) is 5.40. The molecule has 0 saturated heterocycles. The van der Waals surface area contributed by atoms with Crippen molar-refractivity contribution >= 4 is 5.91 Å². The molecule has 7 nitrogen and oxygen atoms in total. The molecule has 0 bridgehead atoms. The van der Waals surface area contributed by atoms with E-state index in [9.17, 15) is 4.79 Å². The Morgan fingerprint density at radius 1 is 1.65 bits per heavy atom. The quantitative estimate of drug-likeness (QED) is 0.693. The number of hydrogen-bond donors (Lipinski definition) is 2. The van der Waals surface area contributed by atoms with Crippen molar-refractivity contribution in [3.8, 4) is 0 Å². The normalized spacial score (nSPS) is 11.5. The van der Waals surface area contributed by atoms with Crippen LogP contribution in [0.1, 0.15) is 24.3 Å². The number of methoxy groups -OCH3 is 1. The van der Waals surface area contributed by atoms with Gasteiger partial charge in [-0.25, -0.2) is 0 Å². The molecular formula is C10H19N5O2. The fourth-order valence-electron chi connectivity index (χ4n) is 1.41. The van der Waals surface area contributed by atoms with E-state index in [0.717, 1.165) is 0 Å². The number of nitrogens with zero attached hydrogens (tertiary/aromatic N) is 3. The third kappa shape index (κ3) is 4.12. The van der Waals surface area contributed by atoms with Crippen LogP contribution in [0.25, 0.3) is 0 Å². The SMILES string of the molecule is COCC(C)(C)NC(=O)c1cn(CCN)nn1. The lowest BCUT2D eigenvalue weighted by Crippen LogP contribution is -2.46. The maximum absolute atomic E-state index is 11.8. The van der Waals surface area contributed by atoms with Crippen molar-refractivity contribution in [2.45, 2.75) is 25.9 Å². The van der Waals surface area contributed by atoms with Crippen LogP contribution in [0.5, 0.6) is 0 Å². The molecule has 0 aliphatic rings. The summed E-state index contributed by atoms with van der Waals surface area (Å²) >= 11 is 0. The van der Waals surface area contributed by atoms with E-state index in [4.69, 9.17) is 10.5 Å². The van der Waals surface area contributed by atoms with Gasteiger partial charge in [-0.2, -0.15) is 0 Å². The largest absolute Gasteiger partial charge is 0.382 e. The van der Waals surface area contributed by atoms with Gasteiger partial charge in [0.05, 0.1) is 24.9 Å². The smallest absolute Gasteiger partial charge is 0.273 e. The summed E-state index contributed by atoms with van der Waals surface area (Å²) < 4.78 is 6.55. The van der Waals surface area contributed by atoms with Gasteiger partial charge in [0.1, 0.15) is 0 Å². The molecular weight excluding hydrogens is 222 g/mol. The van der Waals surface area contributed by atoms with Crippen LogP contribution in [-0.2, 0) is 11.3 Å². The van der Waals surface area contributed by atoms with Gasteiger partial charge in [-0.1, -0.05) is 5.21 Å². The number of nitrogens with two attached hydrogens (primary N) is 1. The van der Waals surface area contributed by atoms with Crippen LogP contribution in [-0.4, -0.2) is 46.7 Å². The molecule has 7 heteroatoms. The molecule has 1 amide bonds. The highest BCUT2D eigenvalue weighted by Gasteiger charge is 2.22. The van der Waals surface area contributed by atoms with Gasteiger partial charge in [-0.05, 0) is 13.8 Å². The van der Waals surface area contributed by atoms with Crippen molar-refractivity contribution in [1.29, 1.82) is 0 Å². The maximum Gasteiger partial charge on any atom is 0.273 e. The van der Waals surface area contributed by atoms with Gasteiger partial charge in [0.25, 0.3) is 5.91 Å². The minimum atomic E-state index is -0.441. The Morgan fingerprint density at radius 3 is 2.94 bits per heavy atom. The minimum absolute atomic E-state index is 0.268. The van der Waals surface area contributed by atoms with E-state index in [1.165, 1.54) is 4.68 Å². The maximum atomic E-state index is 11.8. The molecule has 1 aromatic rings. The van der Waals surface area contributed by atoms with Gasteiger partial charge in [-0.3, -0.25) is 9.48 Å². The fraction of sp³-hybridized carbons (Fsp3) is 0.700. The molecule has 17 heavy (non-hydrogen) atoms. The zero-order valence-electron chi connectivity index (χ0n) is 10.4. The first-order chi connectivity index (χ1) is 7.98. The zero-order valence-corrected chi connectivity index (χ0v) is 10.4. The van der Waals surface area contributed by atoms with Gasteiger partial charge in [0.15, 0.2) is 5.69 Å². The highest BCUT2D eigenvalue weighted by Crippen LogP contribution is 2.04. The van der Waals surface area contributed by atoms with Crippen molar-refractivity contribution in [1.82, 2.24) is 20.3 Å². The molecule has 1 heterocycles. The number of carbonyl (C=O) groups is 1. The number of carbonyl (C=O) groups excluding carboxylic acids is 1. The average Bonchev–Trinajstić information content (AvgIpc) is 2.66. The fourth-order valence-corrected chi connectivity index (χ4v) is 1.41. The van der Waals surface area contributed by atoms with Crippen molar-refractivity contribution in [2.24, 2.45) is 5.73 Å². The molecule has 0 radical (unpaired) electrons. The predicted octanol–water partition coefficient (Wildman–Crippen LogP) is -0.608. The molecule has 1 aromatic heterocycles. The summed E-state index contributed by atoms with van der Waals surface area (Å²) in [6.45, 7) is 5.18. The summed E-state index contributed by atoms with van der Waals surface area (Å²) in [6, 6.07) is 0. The lowest BCUT2D eigenvalue weighted by molar-refractivity contribution is 0.0815. The van der Waals surface area contributed by atoms with E-state index in [-0.39, 0.29) is 11.6 Å². The number of ether oxygens (including phenoxy) is 1. The summed E-state index contributed by atoms with van der Waals surface area (Å²) in [5, 5.41) is 10.4. The second-order valence-corrected chi connectivity index (χ2v) is 4.43. The molecule has 0 saturated carbocycles. The van der Waals surface area contributed by atoms with Crippen molar-refractivity contribution < 1.29 is 9.53 Å². The van der Waals surface area contributed by atoms with Crippen LogP contribution in [0.3, 0.4) is 0 Å². The van der Waals surface area contributed by atoms with E-state index in [1.807, 2.05) is 13.8 Å². The van der Waals surface area contributed by atoms with Gasteiger partial charge >= 0.3 is 0 Å². The van der Waals surface area contributed by atoms with Crippen LogP contribution in [0, 0.1) is 0 Å². The number of aromatic nitrogens is 3. The molecule has 0 aliphatic carbocycles.